The van der Waals surface area contributed by atoms with Crippen LogP contribution in [0.1, 0.15) is 51.1 Å². The van der Waals surface area contributed by atoms with Crippen molar-refractivity contribution in [2.45, 2.75) is 51.6 Å². The molecule has 1 amide bonds. The number of amides is 1. The number of carbonyl (C=O) groups excluding carboxylic acids is 1. The van der Waals surface area contributed by atoms with Crippen LogP contribution in [-0.4, -0.2) is 23.6 Å². The van der Waals surface area contributed by atoms with Crippen LogP contribution in [-0.2, 0) is 9.53 Å². The lowest BCUT2D eigenvalue weighted by Crippen LogP contribution is -2.15. The van der Waals surface area contributed by atoms with Gasteiger partial charge in [-0.15, -0.1) is 11.3 Å². The number of rotatable bonds is 5. The zero-order chi connectivity index (χ0) is 13.0. The largest absolute Gasteiger partial charge is 0.378 e. The highest BCUT2D eigenvalue weighted by molar-refractivity contribution is 7.13. The molecule has 5 heteroatoms. The molecule has 2 rings (SSSR count). The van der Waals surface area contributed by atoms with Crippen LogP contribution < -0.4 is 5.32 Å². The van der Waals surface area contributed by atoms with Crippen molar-refractivity contribution in [1.29, 1.82) is 0 Å². The number of nitrogens with zero attached hydrogens (tertiary/aromatic N) is 1. The van der Waals surface area contributed by atoms with E-state index >= 15 is 0 Å². The number of anilines is 1. The van der Waals surface area contributed by atoms with Gasteiger partial charge in [0.2, 0.25) is 5.91 Å². The van der Waals surface area contributed by atoms with E-state index < -0.39 is 0 Å². The molecule has 2 heterocycles. The van der Waals surface area contributed by atoms with Crippen LogP contribution in [0.15, 0.2) is 5.38 Å². The van der Waals surface area contributed by atoms with Crippen molar-refractivity contribution in [2.24, 2.45) is 0 Å². The highest BCUT2D eigenvalue weighted by atomic mass is 32.1. The van der Waals surface area contributed by atoms with Crippen LogP contribution in [0, 0.1) is 0 Å². The highest BCUT2D eigenvalue weighted by Gasteiger charge is 2.17. The Balaban J connectivity index is 1.75. The molecule has 0 aliphatic carbocycles. The minimum atomic E-state index is 0.0372. The molecule has 1 atom stereocenters. The summed E-state index contributed by atoms with van der Waals surface area (Å²) in [5.74, 6) is 0.439. The number of carbonyl (C=O) groups is 1. The second-order valence-electron chi connectivity index (χ2n) is 4.95. The van der Waals surface area contributed by atoms with Crippen LogP contribution in [0.2, 0.25) is 0 Å². The van der Waals surface area contributed by atoms with Crippen molar-refractivity contribution in [1.82, 2.24) is 4.98 Å². The van der Waals surface area contributed by atoms with Gasteiger partial charge in [0.1, 0.15) is 0 Å². The zero-order valence-electron chi connectivity index (χ0n) is 10.9. The molecule has 0 spiro atoms. The Hall–Kier alpha value is -0.940. The fourth-order valence-corrected chi connectivity index (χ4v) is 2.84. The Kier molecular flexibility index (Phi) is 4.72. The number of ether oxygens (including phenoxy) is 1. The fourth-order valence-electron chi connectivity index (χ4n) is 1.95. The van der Waals surface area contributed by atoms with Gasteiger partial charge in [-0.1, -0.05) is 13.8 Å². The molecule has 1 N–H and O–H groups in total. The van der Waals surface area contributed by atoms with Crippen LogP contribution >= 0.6 is 11.3 Å². The lowest BCUT2D eigenvalue weighted by molar-refractivity contribution is -0.116. The summed E-state index contributed by atoms with van der Waals surface area (Å²) >= 11 is 1.49. The van der Waals surface area contributed by atoms with Gasteiger partial charge in [0.15, 0.2) is 5.13 Å². The quantitative estimate of drug-likeness (QED) is 0.892. The van der Waals surface area contributed by atoms with Crippen LogP contribution in [0.5, 0.6) is 0 Å². The third-order valence-corrected chi connectivity index (χ3v) is 3.85. The summed E-state index contributed by atoms with van der Waals surface area (Å²) in [7, 11) is 0. The minimum Gasteiger partial charge on any atom is -0.378 e. The monoisotopic (exact) mass is 268 g/mol. The summed E-state index contributed by atoms with van der Waals surface area (Å²) < 4.78 is 5.50. The van der Waals surface area contributed by atoms with Crippen LogP contribution in [0.3, 0.4) is 0 Å². The topological polar surface area (TPSA) is 51.2 Å². The Morgan fingerprint density at radius 2 is 2.50 bits per heavy atom. The van der Waals surface area contributed by atoms with Gasteiger partial charge in [0.25, 0.3) is 0 Å². The molecule has 1 saturated heterocycles. The van der Waals surface area contributed by atoms with Gasteiger partial charge in [0, 0.05) is 18.4 Å². The molecule has 0 bridgehead atoms. The Morgan fingerprint density at radius 3 is 3.11 bits per heavy atom. The van der Waals surface area contributed by atoms with E-state index in [4.69, 9.17) is 4.74 Å². The van der Waals surface area contributed by atoms with Gasteiger partial charge in [0.05, 0.1) is 11.8 Å². The maximum absolute atomic E-state index is 11.7. The normalized spacial score (nSPS) is 19.4. The first-order chi connectivity index (χ1) is 8.65. The molecule has 100 valence electrons. The minimum absolute atomic E-state index is 0.0372. The lowest BCUT2D eigenvalue weighted by Gasteiger charge is -2.08. The van der Waals surface area contributed by atoms with E-state index in [-0.39, 0.29) is 12.0 Å². The molecule has 0 radical (unpaired) electrons. The second-order valence-corrected chi connectivity index (χ2v) is 5.81. The molecule has 1 aliphatic rings. The van der Waals surface area contributed by atoms with Gasteiger partial charge >= 0.3 is 0 Å². The van der Waals surface area contributed by atoms with E-state index in [1.54, 1.807) is 0 Å². The molecule has 1 aromatic heterocycles. The van der Waals surface area contributed by atoms with E-state index in [1.165, 1.54) is 11.3 Å². The first-order valence-corrected chi connectivity index (χ1v) is 7.40. The smallest absolute Gasteiger partial charge is 0.226 e. The molecular weight excluding hydrogens is 248 g/mol. The molecule has 4 nitrogen and oxygen atoms in total. The number of thiazole rings is 1. The number of aromatic nitrogens is 1. The standard InChI is InChI=1S/C13H20N2O2S/c1-9(2)11-8-18-13(14-11)15-12(16)6-5-10-4-3-7-17-10/h8-10H,3-7H2,1-2H3,(H,14,15,16)/t10-/m1/s1. The second kappa shape index (κ2) is 6.29. The molecule has 1 fully saturated rings. The van der Waals surface area contributed by atoms with E-state index in [9.17, 15) is 4.79 Å². The number of hydrogen-bond acceptors (Lipinski definition) is 4. The molecule has 0 saturated carbocycles. The van der Waals surface area contributed by atoms with E-state index in [1.807, 2.05) is 5.38 Å². The summed E-state index contributed by atoms with van der Waals surface area (Å²) in [6.45, 7) is 5.03. The highest BCUT2D eigenvalue weighted by Crippen LogP contribution is 2.22. The molecule has 0 unspecified atom stereocenters. The average molecular weight is 268 g/mol. The number of nitrogens with one attached hydrogen (secondary N) is 1. The molecular formula is C13H20N2O2S. The van der Waals surface area contributed by atoms with E-state index in [2.05, 4.69) is 24.1 Å². The first kappa shape index (κ1) is 13.5. The third-order valence-electron chi connectivity index (χ3n) is 3.08. The number of hydrogen-bond donors (Lipinski definition) is 1. The van der Waals surface area contributed by atoms with Crippen molar-refractivity contribution >= 4 is 22.4 Å². The summed E-state index contributed by atoms with van der Waals surface area (Å²) in [5, 5.41) is 5.56. The van der Waals surface area contributed by atoms with Gasteiger partial charge in [-0.3, -0.25) is 4.79 Å². The summed E-state index contributed by atoms with van der Waals surface area (Å²) in [6.07, 6.45) is 3.81. The lowest BCUT2D eigenvalue weighted by atomic mass is 10.1. The zero-order valence-corrected chi connectivity index (χ0v) is 11.8. The Bertz CT molecular complexity index is 397. The SMILES string of the molecule is CC(C)c1csc(NC(=O)CC[C@H]2CCCO2)n1. The van der Waals surface area contributed by atoms with Crippen molar-refractivity contribution in [3.05, 3.63) is 11.1 Å². The van der Waals surface area contributed by atoms with Crippen molar-refractivity contribution in [2.75, 3.05) is 11.9 Å². The Labute approximate surface area is 112 Å². The maximum atomic E-state index is 11.7. The first-order valence-electron chi connectivity index (χ1n) is 6.52. The molecule has 0 aromatic carbocycles. The summed E-state index contributed by atoms with van der Waals surface area (Å²) in [4.78, 5) is 16.1. The molecule has 1 aromatic rings. The molecule has 1 aliphatic heterocycles. The Morgan fingerprint density at radius 1 is 1.67 bits per heavy atom. The summed E-state index contributed by atoms with van der Waals surface area (Å²) in [5.41, 5.74) is 1.04. The van der Waals surface area contributed by atoms with Gasteiger partial charge in [-0.05, 0) is 25.2 Å². The van der Waals surface area contributed by atoms with Crippen LogP contribution in [0.4, 0.5) is 5.13 Å². The fraction of sp³-hybridized carbons (Fsp3) is 0.692. The third kappa shape index (κ3) is 3.78. The predicted octanol–water partition coefficient (Wildman–Crippen LogP) is 3.16. The van der Waals surface area contributed by atoms with Crippen LogP contribution in [0.25, 0.3) is 0 Å². The van der Waals surface area contributed by atoms with Gasteiger partial charge in [-0.2, -0.15) is 0 Å². The summed E-state index contributed by atoms with van der Waals surface area (Å²) in [6, 6.07) is 0. The predicted molar refractivity (Wildman–Crippen MR) is 73.0 cm³/mol. The molecule has 18 heavy (non-hydrogen) atoms. The van der Waals surface area contributed by atoms with E-state index in [0.29, 0.717) is 17.5 Å². The van der Waals surface area contributed by atoms with E-state index in [0.717, 1.165) is 31.6 Å². The van der Waals surface area contributed by atoms with Gasteiger partial charge in [-0.25, -0.2) is 4.98 Å². The van der Waals surface area contributed by atoms with Crippen molar-refractivity contribution < 1.29 is 9.53 Å². The van der Waals surface area contributed by atoms with Crippen molar-refractivity contribution in [3.8, 4) is 0 Å². The van der Waals surface area contributed by atoms with Crippen molar-refractivity contribution in [3.63, 3.8) is 0 Å². The average Bonchev–Trinajstić information content (AvgIpc) is 2.96. The maximum Gasteiger partial charge on any atom is 0.226 e. The van der Waals surface area contributed by atoms with Gasteiger partial charge < -0.3 is 10.1 Å².